The Morgan fingerprint density at radius 2 is 1.76 bits per heavy atom. The Balaban J connectivity index is 1.99. The summed E-state index contributed by atoms with van der Waals surface area (Å²) in [6.07, 6.45) is 1.98. The number of rotatable bonds is 5. The highest BCUT2D eigenvalue weighted by atomic mass is 32.2. The van der Waals surface area contributed by atoms with Crippen molar-refractivity contribution in [3.05, 3.63) is 53.6 Å². The second-order valence-electron chi connectivity index (χ2n) is 4.76. The van der Waals surface area contributed by atoms with Gasteiger partial charge in [0.15, 0.2) is 6.61 Å². The van der Waals surface area contributed by atoms with Crippen molar-refractivity contribution >= 4 is 23.4 Å². The first-order valence-electron chi connectivity index (χ1n) is 6.73. The maximum Gasteiger partial charge on any atom is 0.262 e. The molecule has 1 N–H and O–H groups in total. The predicted molar refractivity (Wildman–Crippen MR) is 88.3 cm³/mol. The number of ether oxygens (including phenoxy) is 1. The van der Waals surface area contributed by atoms with E-state index < -0.39 is 0 Å². The summed E-state index contributed by atoms with van der Waals surface area (Å²) in [4.78, 5) is 13.1. The van der Waals surface area contributed by atoms with Gasteiger partial charge in [-0.2, -0.15) is 0 Å². The van der Waals surface area contributed by atoms with Crippen molar-refractivity contribution in [2.75, 3.05) is 18.2 Å². The van der Waals surface area contributed by atoms with Crippen LogP contribution in [0.2, 0.25) is 0 Å². The average molecular weight is 301 g/mol. The molecule has 0 fully saturated rings. The van der Waals surface area contributed by atoms with Crippen LogP contribution in [0.5, 0.6) is 5.75 Å². The van der Waals surface area contributed by atoms with E-state index in [2.05, 4.69) is 5.32 Å². The van der Waals surface area contributed by atoms with Crippen LogP contribution in [0.1, 0.15) is 11.1 Å². The predicted octanol–water partition coefficient (Wildman–Crippen LogP) is 4.04. The molecule has 0 aliphatic rings. The van der Waals surface area contributed by atoms with Crippen molar-refractivity contribution < 1.29 is 9.53 Å². The van der Waals surface area contributed by atoms with Gasteiger partial charge in [0.1, 0.15) is 5.75 Å². The summed E-state index contributed by atoms with van der Waals surface area (Å²) in [5.74, 6) is 0.630. The minimum absolute atomic E-state index is 0.00834. The highest BCUT2D eigenvalue weighted by Crippen LogP contribution is 2.25. The monoisotopic (exact) mass is 301 g/mol. The van der Waals surface area contributed by atoms with E-state index in [-0.39, 0.29) is 12.5 Å². The normalized spacial score (nSPS) is 10.2. The quantitative estimate of drug-likeness (QED) is 0.847. The molecule has 2 aromatic carbocycles. The molecule has 110 valence electrons. The molecular formula is C17H19NO2S. The van der Waals surface area contributed by atoms with Crippen molar-refractivity contribution in [2.45, 2.75) is 18.7 Å². The summed E-state index contributed by atoms with van der Waals surface area (Å²) in [5.41, 5.74) is 2.89. The van der Waals surface area contributed by atoms with Crippen LogP contribution in [0.4, 0.5) is 5.69 Å². The average Bonchev–Trinajstić information content (AvgIpc) is 2.47. The van der Waals surface area contributed by atoms with Gasteiger partial charge in [0.05, 0.1) is 5.69 Å². The number of carbonyl (C=O) groups is 1. The van der Waals surface area contributed by atoms with Gasteiger partial charge in [-0.1, -0.05) is 30.3 Å². The molecule has 0 atom stereocenters. The van der Waals surface area contributed by atoms with Gasteiger partial charge in [-0.25, -0.2) is 0 Å². The molecule has 0 aliphatic heterocycles. The SMILES string of the molecule is CSc1ccccc1NC(=O)COc1c(C)cccc1C. The van der Waals surface area contributed by atoms with Gasteiger partial charge >= 0.3 is 0 Å². The molecule has 0 aromatic heterocycles. The fourth-order valence-electron chi connectivity index (χ4n) is 2.10. The molecule has 0 radical (unpaired) electrons. The standard InChI is InChI=1S/C17H19NO2S/c1-12-7-6-8-13(2)17(12)20-11-16(19)18-14-9-4-5-10-15(14)21-3/h4-10H,11H2,1-3H3,(H,18,19). The zero-order valence-corrected chi connectivity index (χ0v) is 13.3. The fraction of sp³-hybridized carbons (Fsp3) is 0.235. The molecule has 1 amide bonds. The third-order valence-corrected chi connectivity index (χ3v) is 3.93. The van der Waals surface area contributed by atoms with Crippen LogP contribution < -0.4 is 10.1 Å². The summed E-state index contributed by atoms with van der Waals surface area (Å²) < 4.78 is 5.66. The van der Waals surface area contributed by atoms with E-state index in [9.17, 15) is 4.79 Å². The van der Waals surface area contributed by atoms with Gasteiger partial charge in [-0.05, 0) is 43.4 Å². The first kappa shape index (κ1) is 15.4. The molecule has 2 rings (SSSR count). The van der Waals surface area contributed by atoms with Gasteiger partial charge in [-0.3, -0.25) is 4.79 Å². The topological polar surface area (TPSA) is 38.3 Å². The van der Waals surface area contributed by atoms with Crippen LogP contribution in [0.25, 0.3) is 0 Å². The largest absolute Gasteiger partial charge is 0.483 e. The molecule has 3 nitrogen and oxygen atoms in total. The molecule has 0 bridgehead atoms. The lowest BCUT2D eigenvalue weighted by molar-refractivity contribution is -0.118. The molecule has 0 spiro atoms. The fourth-order valence-corrected chi connectivity index (χ4v) is 2.65. The summed E-state index contributed by atoms with van der Waals surface area (Å²) in [7, 11) is 0. The lowest BCUT2D eigenvalue weighted by atomic mass is 10.1. The Bertz CT molecular complexity index is 620. The van der Waals surface area contributed by atoms with Crippen LogP contribution in [0.15, 0.2) is 47.4 Å². The van der Waals surface area contributed by atoms with Crippen LogP contribution >= 0.6 is 11.8 Å². The van der Waals surface area contributed by atoms with Gasteiger partial charge in [-0.15, -0.1) is 11.8 Å². The van der Waals surface area contributed by atoms with Crippen LogP contribution in [0, 0.1) is 13.8 Å². The van der Waals surface area contributed by atoms with Crippen molar-refractivity contribution in [1.82, 2.24) is 0 Å². The lowest BCUT2D eigenvalue weighted by Crippen LogP contribution is -2.21. The molecule has 0 saturated carbocycles. The summed E-state index contributed by atoms with van der Waals surface area (Å²) in [6, 6.07) is 13.7. The van der Waals surface area contributed by atoms with Crippen molar-refractivity contribution in [1.29, 1.82) is 0 Å². The zero-order chi connectivity index (χ0) is 15.2. The third-order valence-electron chi connectivity index (χ3n) is 3.14. The number of thioether (sulfide) groups is 1. The zero-order valence-electron chi connectivity index (χ0n) is 12.5. The third kappa shape index (κ3) is 4.02. The second kappa shape index (κ2) is 7.18. The van der Waals surface area contributed by atoms with Gasteiger partial charge in [0, 0.05) is 4.90 Å². The number of anilines is 1. The smallest absolute Gasteiger partial charge is 0.262 e. The molecule has 0 heterocycles. The van der Waals surface area contributed by atoms with E-state index in [1.807, 2.05) is 62.6 Å². The lowest BCUT2D eigenvalue weighted by Gasteiger charge is -2.13. The number of nitrogens with one attached hydrogen (secondary N) is 1. The van der Waals surface area contributed by atoms with E-state index in [1.54, 1.807) is 11.8 Å². The van der Waals surface area contributed by atoms with Crippen molar-refractivity contribution in [3.63, 3.8) is 0 Å². The van der Waals surface area contributed by atoms with E-state index in [0.29, 0.717) is 0 Å². The number of para-hydroxylation sites is 2. The minimum atomic E-state index is -0.154. The summed E-state index contributed by atoms with van der Waals surface area (Å²) in [5, 5.41) is 2.89. The van der Waals surface area contributed by atoms with E-state index in [0.717, 1.165) is 27.5 Å². The number of benzene rings is 2. The van der Waals surface area contributed by atoms with Gasteiger partial charge < -0.3 is 10.1 Å². The first-order valence-corrected chi connectivity index (χ1v) is 7.96. The number of amides is 1. The molecule has 4 heteroatoms. The van der Waals surface area contributed by atoms with Crippen LogP contribution in [-0.2, 0) is 4.79 Å². The Kier molecular flexibility index (Phi) is 5.28. The second-order valence-corrected chi connectivity index (χ2v) is 5.61. The molecule has 0 saturated heterocycles. The first-order chi connectivity index (χ1) is 10.1. The van der Waals surface area contributed by atoms with Gasteiger partial charge in [0.25, 0.3) is 5.91 Å². The maximum atomic E-state index is 12.0. The summed E-state index contributed by atoms with van der Waals surface area (Å²) >= 11 is 1.60. The Labute approximate surface area is 129 Å². The highest BCUT2D eigenvalue weighted by Gasteiger charge is 2.09. The van der Waals surface area contributed by atoms with Gasteiger partial charge in [0.2, 0.25) is 0 Å². The minimum Gasteiger partial charge on any atom is -0.483 e. The Hall–Kier alpha value is -1.94. The van der Waals surface area contributed by atoms with Crippen LogP contribution in [0.3, 0.4) is 0 Å². The van der Waals surface area contributed by atoms with E-state index in [1.165, 1.54) is 0 Å². The van der Waals surface area contributed by atoms with E-state index in [4.69, 9.17) is 4.74 Å². The maximum absolute atomic E-state index is 12.0. The number of aryl methyl sites for hydroxylation is 2. The Morgan fingerprint density at radius 3 is 2.43 bits per heavy atom. The van der Waals surface area contributed by atoms with Crippen LogP contribution in [-0.4, -0.2) is 18.8 Å². The number of hydrogen-bond acceptors (Lipinski definition) is 3. The number of carbonyl (C=O) groups excluding carboxylic acids is 1. The van der Waals surface area contributed by atoms with Crippen molar-refractivity contribution in [3.8, 4) is 5.75 Å². The van der Waals surface area contributed by atoms with E-state index >= 15 is 0 Å². The molecule has 2 aromatic rings. The highest BCUT2D eigenvalue weighted by molar-refractivity contribution is 7.98. The number of hydrogen-bond donors (Lipinski definition) is 1. The molecule has 0 aliphatic carbocycles. The van der Waals surface area contributed by atoms with Crippen molar-refractivity contribution in [2.24, 2.45) is 0 Å². The summed E-state index contributed by atoms with van der Waals surface area (Å²) in [6.45, 7) is 3.96. The molecule has 0 unspecified atom stereocenters. The Morgan fingerprint density at radius 1 is 1.10 bits per heavy atom. The molecular weight excluding hydrogens is 282 g/mol. The molecule has 21 heavy (non-hydrogen) atoms.